The summed E-state index contributed by atoms with van der Waals surface area (Å²) in [5, 5.41) is 7.19. The summed E-state index contributed by atoms with van der Waals surface area (Å²) in [6.45, 7) is 2.26. The fourth-order valence-electron chi connectivity index (χ4n) is 7.95. The molecule has 1 fully saturated rings. The molecular formula is C48H48O4Si4. The zero-order chi connectivity index (χ0) is 38.2. The van der Waals surface area contributed by atoms with Gasteiger partial charge < -0.3 is 16.5 Å². The van der Waals surface area contributed by atoms with Crippen molar-refractivity contribution in [1.29, 1.82) is 0 Å². The third kappa shape index (κ3) is 7.43. The van der Waals surface area contributed by atoms with E-state index in [0.717, 1.165) is 68.0 Å². The van der Waals surface area contributed by atoms with Crippen LogP contribution in [0.3, 0.4) is 0 Å². The van der Waals surface area contributed by atoms with Gasteiger partial charge in [-0.1, -0.05) is 245 Å². The molecule has 0 N–H and O–H groups in total. The van der Waals surface area contributed by atoms with Crippen molar-refractivity contribution in [2.24, 2.45) is 0 Å². The minimum atomic E-state index is -3.83. The third-order valence-corrected chi connectivity index (χ3v) is 29.0. The van der Waals surface area contributed by atoms with Crippen LogP contribution in [0.25, 0.3) is 0 Å². The average molecular weight is 801 g/mol. The van der Waals surface area contributed by atoms with Crippen LogP contribution in [0.1, 0.15) is 32.6 Å². The van der Waals surface area contributed by atoms with Gasteiger partial charge in [0.2, 0.25) is 0 Å². The van der Waals surface area contributed by atoms with Crippen molar-refractivity contribution in [1.82, 2.24) is 0 Å². The molecule has 1 saturated heterocycles. The highest BCUT2D eigenvalue weighted by molar-refractivity contribution is 7.14. The van der Waals surface area contributed by atoms with Gasteiger partial charge >= 0.3 is 34.2 Å². The molecule has 0 aromatic heterocycles. The number of hydrogen-bond acceptors (Lipinski definition) is 4. The van der Waals surface area contributed by atoms with Gasteiger partial charge in [-0.2, -0.15) is 0 Å². The summed E-state index contributed by atoms with van der Waals surface area (Å²) < 4.78 is 33.7. The molecule has 0 atom stereocenters. The Morgan fingerprint density at radius 2 is 0.536 bits per heavy atom. The Hall–Kier alpha value is -4.75. The molecule has 4 nitrogen and oxygen atoms in total. The average Bonchev–Trinajstić information content (AvgIpc) is 3.28. The maximum Gasteiger partial charge on any atom is 0.390 e. The quantitative estimate of drug-likeness (QED) is 0.101. The van der Waals surface area contributed by atoms with E-state index in [1.165, 1.54) is 0 Å². The summed E-state index contributed by atoms with van der Waals surface area (Å²) in [6, 6.07) is 75.4. The molecule has 1 heterocycles. The Morgan fingerprint density at radius 1 is 0.286 bits per heavy atom. The van der Waals surface area contributed by atoms with E-state index in [1.807, 2.05) is 0 Å². The summed E-state index contributed by atoms with van der Waals surface area (Å²) in [6.07, 6.45) is 4.31. The lowest BCUT2D eigenvalue weighted by atomic mass is 10.2. The molecule has 7 aromatic rings. The van der Waals surface area contributed by atoms with E-state index in [9.17, 15) is 0 Å². The molecule has 0 bridgehead atoms. The summed E-state index contributed by atoms with van der Waals surface area (Å²) in [4.78, 5) is 0. The van der Waals surface area contributed by atoms with Crippen molar-refractivity contribution in [3.05, 3.63) is 212 Å². The minimum Gasteiger partial charge on any atom is -0.405 e. The molecule has 0 saturated carbocycles. The lowest BCUT2D eigenvalue weighted by Crippen LogP contribution is -2.86. The summed E-state index contributed by atoms with van der Waals surface area (Å²) in [5.41, 5.74) is 0. The summed E-state index contributed by atoms with van der Waals surface area (Å²) in [5.74, 6) is 0. The van der Waals surface area contributed by atoms with Crippen LogP contribution in [0.5, 0.6) is 0 Å². The first kappa shape index (κ1) is 38.1. The Labute approximate surface area is 336 Å². The van der Waals surface area contributed by atoms with E-state index in [4.69, 9.17) is 16.5 Å². The molecule has 8 rings (SSSR count). The van der Waals surface area contributed by atoms with E-state index in [2.05, 4.69) is 219 Å². The van der Waals surface area contributed by atoms with Crippen molar-refractivity contribution >= 4 is 70.6 Å². The molecule has 0 radical (unpaired) electrons. The largest absolute Gasteiger partial charge is 0.405 e. The van der Waals surface area contributed by atoms with Crippen LogP contribution in [-0.2, 0) is 16.5 Å². The van der Waals surface area contributed by atoms with E-state index < -0.39 is 34.2 Å². The standard InChI is InChI=1S/C48H48O4Si4/c1-2-3-4-26-41-53(42-27-12-5-13-28-42)49-54(43-29-14-6-15-30-43,44-31-16-7-17-32-44)51-56(47-37-22-10-23-38-47,48-39-24-11-25-40-48)52-55(50-53,45-33-18-8-19-34-45)46-35-20-9-21-36-46/h5-25,27-40H,2-4,26,41H2,1H3. The van der Waals surface area contributed by atoms with E-state index >= 15 is 0 Å². The Bertz CT molecular complexity index is 2040. The predicted molar refractivity (Wildman–Crippen MR) is 239 cm³/mol. The first-order valence-electron chi connectivity index (χ1n) is 19.8. The number of rotatable bonds is 12. The van der Waals surface area contributed by atoms with Crippen LogP contribution in [0, 0.1) is 0 Å². The normalized spacial score (nSPS) is 16.9. The maximum absolute atomic E-state index is 8.44. The van der Waals surface area contributed by atoms with Crippen molar-refractivity contribution in [3.63, 3.8) is 0 Å². The number of benzene rings is 7. The monoisotopic (exact) mass is 800 g/mol. The van der Waals surface area contributed by atoms with Crippen molar-refractivity contribution in [2.75, 3.05) is 0 Å². The molecule has 56 heavy (non-hydrogen) atoms. The van der Waals surface area contributed by atoms with E-state index in [0.29, 0.717) is 0 Å². The van der Waals surface area contributed by atoms with E-state index in [-0.39, 0.29) is 0 Å². The second-order valence-electron chi connectivity index (χ2n) is 14.4. The second-order valence-corrected chi connectivity index (χ2v) is 27.4. The van der Waals surface area contributed by atoms with Crippen molar-refractivity contribution < 1.29 is 16.5 Å². The molecule has 8 heteroatoms. The predicted octanol–water partition coefficient (Wildman–Crippen LogP) is 6.77. The van der Waals surface area contributed by atoms with Crippen LogP contribution in [0.15, 0.2) is 212 Å². The van der Waals surface area contributed by atoms with Gasteiger partial charge in [0.25, 0.3) is 0 Å². The number of unbranched alkanes of at least 4 members (excludes halogenated alkanes) is 3. The zero-order valence-electron chi connectivity index (χ0n) is 31.9. The van der Waals surface area contributed by atoms with Crippen LogP contribution in [0.4, 0.5) is 0 Å². The molecule has 0 spiro atoms. The van der Waals surface area contributed by atoms with Gasteiger partial charge in [-0.25, -0.2) is 0 Å². The second kappa shape index (κ2) is 17.2. The molecule has 1 aliphatic heterocycles. The first-order valence-corrected chi connectivity index (χ1v) is 27.3. The molecule has 280 valence electrons. The topological polar surface area (TPSA) is 36.9 Å². The highest BCUT2D eigenvalue weighted by atomic mass is 28.5. The van der Waals surface area contributed by atoms with Gasteiger partial charge in [-0.15, -0.1) is 0 Å². The molecule has 0 aliphatic carbocycles. The molecular weight excluding hydrogens is 753 g/mol. The van der Waals surface area contributed by atoms with E-state index in [1.54, 1.807) is 0 Å². The van der Waals surface area contributed by atoms with Gasteiger partial charge in [0.1, 0.15) is 0 Å². The highest BCUT2D eigenvalue weighted by Gasteiger charge is 2.67. The first-order chi connectivity index (χ1) is 27.6. The lowest BCUT2D eigenvalue weighted by molar-refractivity contribution is 0.259. The van der Waals surface area contributed by atoms with Crippen LogP contribution >= 0.6 is 0 Å². The third-order valence-electron chi connectivity index (χ3n) is 10.7. The smallest absolute Gasteiger partial charge is 0.390 e. The molecule has 0 amide bonds. The van der Waals surface area contributed by atoms with Crippen LogP contribution in [0.2, 0.25) is 6.04 Å². The van der Waals surface area contributed by atoms with Gasteiger partial charge in [-0.3, -0.25) is 0 Å². The van der Waals surface area contributed by atoms with Gasteiger partial charge in [0, 0.05) is 0 Å². The van der Waals surface area contributed by atoms with Crippen LogP contribution in [-0.4, -0.2) is 34.2 Å². The van der Waals surface area contributed by atoms with Crippen molar-refractivity contribution in [2.45, 2.75) is 38.7 Å². The molecule has 0 unspecified atom stereocenters. The van der Waals surface area contributed by atoms with Crippen LogP contribution < -0.4 is 36.3 Å². The molecule has 1 aliphatic rings. The highest BCUT2D eigenvalue weighted by Crippen LogP contribution is 2.35. The van der Waals surface area contributed by atoms with Gasteiger partial charge in [0.15, 0.2) is 0 Å². The van der Waals surface area contributed by atoms with Crippen molar-refractivity contribution in [3.8, 4) is 0 Å². The Kier molecular flexibility index (Phi) is 11.7. The summed E-state index contributed by atoms with van der Waals surface area (Å²) >= 11 is 0. The zero-order valence-corrected chi connectivity index (χ0v) is 35.9. The fourth-order valence-corrected chi connectivity index (χ4v) is 31.0. The fraction of sp³-hybridized carbons (Fsp3) is 0.125. The maximum atomic E-state index is 8.44. The van der Waals surface area contributed by atoms with Gasteiger partial charge in [-0.05, 0) is 42.4 Å². The SMILES string of the molecule is CCCCCC[Si]1(c2ccccc2)O[Si](c2ccccc2)(c2ccccc2)O[Si](c2ccccc2)(c2ccccc2)O[Si](c2ccccc2)(c2ccccc2)O1. The Morgan fingerprint density at radius 3 is 0.804 bits per heavy atom. The van der Waals surface area contributed by atoms with Gasteiger partial charge in [0.05, 0.1) is 0 Å². The molecule has 7 aromatic carbocycles. The lowest BCUT2D eigenvalue weighted by Gasteiger charge is -2.53. The summed E-state index contributed by atoms with van der Waals surface area (Å²) in [7, 11) is -14.9. The Balaban J connectivity index is 1.54. The number of hydrogen-bond donors (Lipinski definition) is 0. The minimum absolute atomic E-state index is 0.748.